The van der Waals surface area contributed by atoms with Gasteiger partial charge in [0.25, 0.3) is 0 Å². The Labute approximate surface area is 147 Å². The molecule has 0 aliphatic carbocycles. The van der Waals surface area contributed by atoms with Crippen LogP contribution in [0.3, 0.4) is 0 Å². The van der Waals surface area contributed by atoms with Crippen LogP contribution >= 0.6 is 27.5 Å². The number of anilines is 1. The lowest BCUT2D eigenvalue weighted by atomic mass is 10.1. The summed E-state index contributed by atoms with van der Waals surface area (Å²) >= 11 is 9.09. The lowest BCUT2D eigenvalue weighted by Gasteiger charge is -2.08. The molecule has 1 amide bonds. The molecule has 4 nitrogen and oxygen atoms in total. The first-order valence-electron chi connectivity index (χ1n) is 6.62. The summed E-state index contributed by atoms with van der Waals surface area (Å²) in [5.74, 6) is -0.879. The van der Waals surface area contributed by atoms with Gasteiger partial charge in [-0.2, -0.15) is 0 Å². The topological polar surface area (TPSA) is 55.4 Å². The van der Waals surface area contributed by atoms with Crippen LogP contribution in [0.15, 0.2) is 53.0 Å². The van der Waals surface area contributed by atoms with E-state index in [1.165, 1.54) is 13.2 Å². The number of amides is 1. The van der Waals surface area contributed by atoms with E-state index in [0.29, 0.717) is 15.2 Å². The zero-order valence-electron chi connectivity index (χ0n) is 12.2. The fraction of sp³-hybridized carbons (Fsp3) is 0.0588. The quantitative estimate of drug-likeness (QED) is 0.612. The fourth-order valence-electron chi connectivity index (χ4n) is 1.82. The molecule has 0 spiro atoms. The highest BCUT2D eigenvalue weighted by Crippen LogP contribution is 2.22. The Morgan fingerprint density at radius 3 is 2.52 bits per heavy atom. The molecular formula is C17H13BrClNO3. The average molecular weight is 395 g/mol. The minimum Gasteiger partial charge on any atom is -0.465 e. The highest BCUT2D eigenvalue weighted by atomic mass is 79.9. The standard InChI is InChI=1S/C17H13BrClNO3/c1-23-17(22)14-10-12(18)5-8-15(14)20-16(21)9-4-11-2-6-13(19)7-3-11/h2-10H,1H3,(H,20,21)/b9-4+. The van der Waals surface area contributed by atoms with Crippen molar-refractivity contribution in [2.24, 2.45) is 0 Å². The molecular weight excluding hydrogens is 382 g/mol. The highest BCUT2D eigenvalue weighted by molar-refractivity contribution is 9.10. The van der Waals surface area contributed by atoms with E-state index in [2.05, 4.69) is 21.2 Å². The molecule has 0 fully saturated rings. The molecule has 2 aromatic carbocycles. The van der Waals surface area contributed by atoms with Crippen LogP contribution in [0.25, 0.3) is 6.08 Å². The van der Waals surface area contributed by atoms with Crippen molar-refractivity contribution in [3.63, 3.8) is 0 Å². The maximum atomic E-state index is 12.0. The number of benzene rings is 2. The number of hydrogen-bond acceptors (Lipinski definition) is 3. The zero-order chi connectivity index (χ0) is 16.8. The van der Waals surface area contributed by atoms with Crippen LogP contribution in [-0.4, -0.2) is 19.0 Å². The van der Waals surface area contributed by atoms with Gasteiger partial charge in [0.15, 0.2) is 0 Å². The third kappa shape index (κ3) is 4.94. The van der Waals surface area contributed by atoms with E-state index in [-0.39, 0.29) is 11.5 Å². The van der Waals surface area contributed by atoms with Gasteiger partial charge in [-0.15, -0.1) is 0 Å². The minimum atomic E-state index is -0.525. The molecule has 23 heavy (non-hydrogen) atoms. The zero-order valence-corrected chi connectivity index (χ0v) is 14.5. The molecule has 6 heteroatoms. The molecule has 0 saturated heterocycles. The van der Waals surface area contributed by atoms with Crippen molar-refractivity contribution >= 4 is 51.2 Å². The monoisotopic (exact) mass is 393 g/mol. The number of esters is 1. The molecule has 2 rings (SSSR count). The van der Waals surface area contributed by atoms with Crippen molar-refractivity contribution in [2.45, 2.75) is 0 Å². The summed E-state index contributed by atoms with van der Waals surface area (Å²) in [6.07, 6.45) is 3.04. The second-order valence-corrected chi connectivity index (χ2v) is 5.91. The van der Waals surface area contributed by atoms with Crippen LogP contribution in [0.1, 0.15) is 15.9 Å². The Balaban J connectivity index is 2.14. The first kappa shape index (κ1) is 17.2. The number of nitrogens with one attached hydrogen (secondary N) is 1. The van der Waals surface area contributed by atoms with Gasteiger partial charge in [-0.1, -0.05) is 39.7 Å². The summed E-state index contributed by atoms with van der Waals surface area (Å²) in [5, 5.41) is 3.29. The van der Waals surface area contributed by atoms with E-state index in [1.54, 1.807) is 48.5 Å². The smallest absolute Gasteiger partial charge is 0.340 e. The highest BCUT2D eigenvalue weighted by Gasteiger charge is 2.13. The lowest BCUT2D eigenvalue weighted by molar-refractivity contribution is -0.111. The Bertz CT molecular complexity index is 757. The number of carbonyl (C=O) groups is 2. The number of rotatable bonds is 4. The summed E-state index contributed by atoms with van der Waals surface area (Å²) in [7, 11) is 1.29. The maximum Gasteiger partial charge on any atom is 0.340 e. The summed E-state index contributed by atoms with van der Waals surface area (Å²) in [6.45, 7) is 0. The van der Waals surface area contributed by atoms with Crippen LogP contribution in [-0.2, 0) is 9.53 Å². The van der Waals surface area contributed by atoms with Gasteiger partial charge in [0.1, 0.15) is 0 Å². The summed E-state index contributed by atoms with van der Waals surface area (Å²) in [6, 6.07) is 12.0. The van der Waals surface area contributed by atoms with Crippen molar-refractivity contribution < 1.29 is 14.3 Å². The third-order valence-electron chi connectivity index (χ3n) is 2.94. The van der Waals surface area contributed by atoms with Crippen LogP contribution < -0.4 is 5.32 Å². The first-order valence-corrected chi connectivity index (χ1v) is 7.79. The van der Waals surface area contributed by atoms with Crippen molar-refractivity contribution in [3.05, 3.63) is 69.2 Å². The number of methoxy groups -OCH3 is 1. The molecule has 0 atom stereocenters. The molecule has 0 saturated carbocycles. The van der Waals surface area contributed by atoms with Gasteiger partial charge in [0.2, 0.25) is 5.91 Å². The summed E-state index contributed by atoms with van der Waals surface area (Å²) in [4.78, 5) is 23.8. The molecule has 118 valence electrons. The Morgan fingerprint density at radius 2 is 1.87 bits per heavy atom. The number of carbonyl (C=O) groups excluding carboxylic acids is 2. The molecule has 0 bridgehead atoms. The molecule has 0 aromatic heterocycles. The SMILES string of the molecule is COC(=O)c1cc(Br)ccc1NC(=O)/C=C/c1ccc(Cl)cc1. The van der Waals surface area contributed by atoms with Crippen LogP contribution in [0.4, 0.5) is 5.69 Å². The average Bonchev–Trinajstić information content (AvgIpc) is 2.55. The van der Waals surface area contributed by atoms with Gasteiger partial charge in [-0.3, -0.25) is 4.79 Å². The second-order valence-electron chi connectivity index (χ2n) is 4.56. The minimum absolute atomic E-state index is 0.273. The van der Waals surface area contributed by atoms with Crippen molar-refractivity contribution in [1.82, 2.24) is 0 Å². The van der Waals surface area contributed by atoms with Gasteiger partial charge in [0.05, 0.1) is 18.4 Å². The fourth-order valence-corrected chi connectivity index (χ4v) is 2.31. The molecule has 2 aromatic rings. The normalized spacial score (nSPS) is 10.6. The van der Waals surface area contributed by atoms with Gasteiger partial charge in [-0.25, -0.2) is 4.79 Å². The number of hydrogen-bond donors (Lipinski definition) is 1. The van der Waals surface area contributed by atoms with E-state index in [9.17, 15) is 9.59 Å². The van der Waals surface area contributed by atoms with E-state index in [0.717, 1.165) is 5.56 Å². The Kier molecular flexibility index (Phi) is 5.96. The van der Waals surface area contributed by atoms with Crippen LogP contribution in [0.2, 0.25) is 5.02 Å². The molecule has 0 aliphatic rings. The van der Waals surface area contributed by atoms with Crippen LogP contribution in [0.5, 0.6) is 0 Å². The molecule has 1 N–H and O–H groups in total. The molecule has 0 aliphatic heterocycles. The van der Waals surface area contributed by atoms with Crippen molar-refractivity contribution in [2.75, 3.05) is 12.4 Å². The maximum absolute atomic E-state index is 12.0. The van der Waals surface area contributed by atoms with Gasteiger partial charge < -0.3 is 10.1 Å². The van der Waals surface area contributed by atoms with Crippen LogP contribution in [0, 0.1) is 0 Å². The van der Waals surface area contributed by atoms with Gasteiger partial charge >= 0.3 is 5.97 Å². The number of ether oxygens (including phenoxy) is 1. The largest absolute Gasteiger partial charge is 0.465 e. The van der Waals surface area contributed by atoms with E-state index >= 15 is 0 Å². The predicted molar refractivity (Wildman–Crippen MR) is 94.6 cm³/mol. The van der Waals surface area contributed by atoms with Crippen molar-refractivity contribution in [3.8, 4) is 0 Å². The van der Waals surface area contributed by atoms with E-state index in [1.807, 2.05) is 0 Å². The summed E-state index contributed by atoms with van der Waals surface area (Å²) < 4.78 is 5.43. The Morgan fingerprint density at radius 1 is 1.17 bits per heavy atom. The Hall–Kier alpha value is -2.11. The third-order valence-corrected chi connectivity index (χ3v) is 3.69. The lowest BCUT2D eigenvalue weighted by Crippen LogP contribution is -2.13. The molecule has 0 heterocycles. The number of halogens is 2. The van der Waals surface area contributed by atoms with Gasteiger partial charge in [0, 0.05) is 15.6 Å². The first-order chi connectivity index (χ1) is 11.0. The second kappa shape index (κ2) is 7.94. The summed E-state index contributed by atoms with van der Waals surface area (Å²) in [5.41, 5.74) is 1.49. The molecule has 0 unspecified atom stereocenters. The molecule has 0 radical (unpaired) electrons. The predicted octanol–water partition coefficient (Wildman–Crippen LogP) is 4.54. The van der Waals surface area contributed by atoms with Gasteiger partial charge in [-0.05, 0) is 42.0 Å². The van der Waals surface area contributed by atoms with E-state index in [4.69, 9.17) is 16.3 Å². The van der Waals surface area contributed by atoms with Crippen molar-refractivity contribution in [1.29, 1.82) is 0 Å². The van der Waals surface area contributed by atoms with E-state index < -0.39 is 5.97 Å².